The van der Waals surface area contributed by atoms with Crippen LogP contribution in [-0.4, -0.2) is 24.4 Å². The molecule has 0 saturated carbocycles. The van der Waals surface area contributed by atoms with Crippen molar-refractivity contribution in [3.05, 3.63) is 46.4 Å². The van der Waals surface area contributed by atoms with E-state index in [0.29, 0.717) is 11.1 Å². The van der Waals surface area contributed by atoms with Crippen molar-refractivity contribution < 1.29 is 27.0 Å². The molecule has 1 aromatic heterocycles. The van der Waals surface area contributed by atoms with E-state index in [2.05, 4.69) is 4.98 Å². The average Bonchev–Trinajstić information content (AvgIpc) is 2.51. The van der Waals surface area contributed by atoms with Crippen molar-refractivity contribution >= 4 is 11.6 Å². The summed E-state index contributed by atoms with van der Waals surface area (Å²) in [4.78, 5) is 3.96. The predicted molar refractivity (Wildman–Crippen MR) is 79.5 cm³/mol. The van der Waals surface area contributed by atoms with Crippen LogP contribution in [0.2, 0.25) is 5.02 Å². The van der Waals surface area contributed by atoms with E-state index < -0.39 is 24.5 Å². The van der Waals surface area contributed by atoms with E-state index >= 15 is 0 Å². The largest absolute Gasteiger partial charge is 0.481 e. The van der Waals surface area contributed by atoms with E-state index in [1.807, 2.05) is 0 Å². The van der Waals surface area contributed by atoms with E-state index in [4.69, 9.17) is 21.1 Å². The van der Waals surface area contributed by atoms with Gasteiger partial charge in [0.05, 0.1) is 18.7 Å². The van der Waals surface area contributed by atoms with Crippen molar-refractivity contribution in [3.8, 4) is 17.0 Å². The van der Waals surface area contributed by atoms with E-state index in [1.165, 1.54) is 31.5 Å². The summed E-state index contributed by atoms with van der Waals surface area (Å²) < 4.78 is 64.1. The number of rotatable bonds is 1. The topological polar surface area (TPSA) is 31.4 Å². The number of nitrogens with zero attached hydrogens (tertiary/aromatic N) is 1. The van der Waals surface area contributed by atoms with Gasteiger partial charge in [0.2, 0.25) is 5.88 Å². The molecule has 0 bridgehead atoms. The molecule has 0 amide bonds. The highest BCUT2D eigenvalue weighted by Gasteiger charge is 2.42. The summed E-state index contributed by atoms with van der Waals surface area (Å²) in [6.45, 7) is -0.345. The fourth-order valence-electron chi connectivity index (χ4n) is 2.64. The van der Waals surface area contributed by atoms with Gasteiger partial charge in [-0.15, -0.1) is 0 Å². The van der Waals surface area contributed by atoms with Crippen LogP contribution >= 0.6 is 11.6 Å². The average molecular weight is 362 g/mol. The third kappa shape index (κ3) is 3.06. The van der Waals surface area contributed by atoms with E-state index in [9.17, 15) is 17.6 Å². The SMILES string of the molecule is COc1cc2c(cn1)CO[C@H](C(F)(F)F)Cc1ccc(Cl)c(F)c1-2. The van der Waals surface area contributed by atoms with Gasteiger partial charge in [-0.25, -0.2) is 9.37 Å². The normalized spacial score (nSPS) is 17.5. The molecule has 8 heteroatoms. The molecule has 2 heterocycles. The minimum atomic E-state index is -4.56. The zero-order valence-corrected chi connectivity index (χ0v) is 13.2. The number of alkyl halides is 3. The fourth-order valence-corrected chi connectivity index (χ4v) is 2.79. The van der Waals surface area contributed by atoms with E-state index in [1.54, 1.807) is 0 Å². The first-order valence-corrected chi connectivity index (χ1v) is 7.37. The second kappa shape index (κ2) is 6.22. The maximum atomic E-state index is 14.6. The summed E-state index contributed by atoms with van der Waals surface area (Å²) in [7, 11) is 1.39. The molecule has 128 valence electrons. The molecule has 0 N–H and O–H groups in total. The lowest BCUT2D eigenvalue weighted by molar-refractivity contribution is -0.223. The van der Waals surface area contributed by atoms with Gasteiger partial charge in [-0.05, 0) is 17.2 Å². The lowest BCUT2D eigenvalue weighted by atomic mass is 9.92. The maximum absolute atomic E-state index is 14.6. The van der Waals surface area contributed by atoms with Crippen LogP contribution in [0.1, 0.15) is 11.1 Å². The molecule has 1 aliphatic heterocycles. The maximum Gasteiger partial charge on any atom is 0.414 e. The lowest BCUT2D eigenvalue weighted by Gasteiger charge is -2.26. The Balaban J connectivity index is 2.23. The molecular weight excluding hydrogens is 350 g/mol. The molecule has 0 saturated heterocycles. The molecule has 0 unspecified atom stereocenters. The van der Waals surface area contributed by atoms with Crippen molar-refractivity contribution in [1.29, 1.82) is 0 Å². The number of ether oxygens (including phenoxy) is 2. The number of halogens is 5. The highest BCUT2D eigenvalue weighted by molar-refractivity contribution is 6.31. The second-order valence-electron chi connectivity index (χ2n) is 5.32. The van der Waals surface area contributed by atoms with Gasteiger partial charge in [0.25, 0.3) is 0 Å². The minimum Gasteiger partial charge on any atom is -0.481 e. The van der Waals surface area contributed by atoms with Crippen molar-refractivity contribution in [2.24, 2.45) is 0 Å². The van der Waals surface area contributed by atoms with Gasteiger partial charge >= 0.3 is 6.18 Å². The lowest BCUT2D eigenvalue weighted by Crippen LogP contribution is -2.34. The molecule has 0 fully saturated rings. The molecule has 0 radical (unpaired) electrons. The Morgan fingerprint density at radius 1 is 1.29 bits per heavy atom. The van der Waals surface area contributed by atoms with E-state index in [0.717, 1.165) is 0 Å². The molecular formula is C16H12ClF4NO2. The highest BCUT2D eigenvalue weighted by atomic mass is 35.5. The highest BCUT2D eigenvalue weighted by Crippen LogP contribution is 2.39. The summed E-state index contributed by atoms with van der Waals surface area (Å²) in [5, 5.41) is -0.166. The van der Waals surface area contributed by atoms with Gasteiger partial charge in [0.15, 0.2) is 6.10 Å². The third-order valence-electron chi connectivity index (χ3n) is 3.83. The van der Waals surface area contributed by atoms with Gasteiger partial charge in [-0.3, -0.25) is 0 Å². The van der Waals surface area contributed by atoms with E-state index in [-0.39, 0.29) is 28.6 Å². The smallest absolute Gasteiger partial charge is 0.414 e. The van der Waals surface area contributed by atoms with Crippen LogP contribution in [0.4, 0.5) is 17.6 Å². The first kappa shape index (κ1) is 17.0. The molecule has 1 atom stereocenters. The number of benzene rings is 1. The molecule has 1 aromatic carbocycles. The van der Waals surface area contributed by atoms with Crippen molar-refractivity contribution in [3.63, 3.8) is 0 Å². The number of fused-ring (bicyclic) bond motifs is 3. The Labute approximate surface area is 140 Å². The quantitative estimate of drug-likeness (QED) is 0.698. The number of hydrogen-bond acceptors (Lipinski definition) is 3. The Morgan fingerprint density at radius 3 is 2.71 bits per heavy atom. The van der Waals surface area contributed by atoms with Crippen LogP contribution in [0.3, 0.4) is 0 Å². The van der Waals surface area contributed by atoms with Gasteiger partial charge in [0, 0.05) is 29.8 Å². The molecule has 0 aliphatic carbocycles. The van der Waals surface area contributed by atoms with Crippen LogP contribution in [0, 0.1) is 5.82 Å². The van der Waals surface area contributed by atoms with Gasteiger partial charge in [-0.1, -0.05) is 17.7 Å². The first-order chi connectivity index (χ1) is 11.3. The van der Waals surface area contributed by atoms with Crippen molar-refractivity contribution in [1.82, 2.24) is 4.98 Å². The summed E-state index contributed by atoms with van der Waals surface area (Å²) in [6.07, 6.45) is -5.79. The number of pyridine rings is 1. The van der Waals surface area contributed by atoms with Crippen LogP contribution in [0.15, 0.2) is 24.4 Å². The minimum absolute atomic E-state index is 0.0238. The third-order valence-corrected chi connectivity index (χ3v) is 4.12. The molecule has 3 rings (SSSR count). The number of hydrogen-bond donors (Lipinski definition) is 0. The fraction of sp³-hybridized carbons (Fsp3) is 0.312. The Morgan fingerprint density at radius 2 is 2.04 bits per heavy atom. The van der Waals surface area contributed by atoms with Crippen LogP contribution in [-0.2, 0) is 17.8 Å². The van der Waals surface area contributed by atoms with Crippen LogP contribution in [0.25, 0.3) is 11.1 Å². The summed E-state index contributed by atoms with van der Waals surface area (Å²) in [5.41, 5.74) is 0.869. The summed E-state index contributed by atoms with van der Waals surface area (Å²) in [5.74, 6) is -0.557. The summed E-state index contributed by atoms with van der Waals surface area (Å²) in [6, 6.07) is 4.08. The van der Waals surface area contributed by atoms with Crippen LogP contribution < -0.4 is 4.74 Å². The number of aromatic nitrogens is 1. The van der Waals surface area contributed by atoms with Gasteiger partial charge < -0.3 is 9.47 Å². The molecule has 0 spiro atoms. The Hall–Kier alpha value is -1.86. The first-order valence-electron chi connectivity index (χ1n) is 6.99. The van der Waals surface area contributed by atoms with Crippen LogP contribution in [0.5, 0.6) is 5.88 Å². The van der Waals surface area contributed by atoms with Gasteiger partial charge in [0.1, 0.15) is 5.82 Å². The standard InChI is InChI=1S/C16H12ClF4NO2/c1-23-13-5-10-9(6-22-13)7-24-12(16(19,20)21)4-8-2-3-11(17)15(18)14(8)10/h2-3,5-6,12H,4,7H2,1H3/t12-/m0/s1. The summed E-state index contributed by atoms with van der Waals surface area (Å²) >= 11 is 5.83. The molecule has 2 aromatic rings. The number of methoxy groups -OCH3 is 1. The van der Waals surface area contributed by atoms with Gasteiger partial charge in [-0.2, -0.15) is 13.2 Å². The monoisotopic (exact) mass is 361 g/mol. The molecule has 3 nitrogen and oxygen atoms in total. The van der Waals surface area contributed by atoms with Crippen molar-refractivity contribution in [2.45, 2.75) is 25.3 Å². The Bertz CT molecular complexity index is 779. The predicted octanol–water partition coefficient (Wildman–Crippen LogP) is 4.55. The van der Waals surface area contributed by atoms with Crippen molar-refractivity contribution in [2.75, 3.05) is 7.11 Å². The Kier molecular flexibility index (Phi) is 4.40. The second-order valence-corrected chi connectivity index (χ2v) is 5.73. The zero-order chi connectivity index (χ0) is 17.5. The molecule has 1 aliphatic rings. The molecule has 24 heavy (non-hydrogen) atoms. The zero-order valence-electron chi connectivity index (χ0n) is 12.5.